The van der Waals surface area contributed by atoms with Crippen LogP contribution in [0.3, 0.4) is 0 Å². The molecule has 1 rings (SSSR count). The van der Waals surface area contributed by atoms with E-state index in [4.69, 9.17) is 68.3 Å². The van der Waals surface area contributed by atoms with E-state index >= 15 is 0 Å². The highest BCUT2D eigenvalue weighted by Crippen LogP contribution is 2.36. The zero-order chi connectivity index (χ0) is 31.3. The second-order valence-corrected chi connectivity index (χ2v) is 32.9. The van der Waals surface area contributed by atoms with Crippen LogP contribution in [-0.4, -0.2) is 127 Å². The number of hydrogen-bond acceptors (Lipinski definition) is 16. The molecule has 24 heteroatoms. The molecule has 0 bridgehead atoms. The van der Waals surface area contributed by atoms with Crippen LogP contribution in [0.2, 0.25) is 52.4 Å². The van der Waals surface area contributed by atoms with E-state index in [-0.39, 0.29) is 0 Å². The van der Waals surface area contributed by atoms with Crippen LogP contribution in [0, 0.1) is 0 Å². The molecule has 6 unspecified atom stereocenters. The summed E-state index contributed by atoms with van der Waals surface area (Å²) in [6.45, 7) is 13.4. The molecule has 0 aromatic rings. The Bertz CT molecular complexity index is 817. The Morgan fingerprint density at radius 3 is 0.975 bits per heavy atom. The van der Waals surface area contributed by atoms with Crippen molar-refractivity contribution in [2.75, 3.05) is 56.9 Å². The van der Waals surface area contributed by atoms with Crippen LogP contribution in [0.5, 0.6) is 0 Å². The molecule has 16 nitrogen and oxygen atoms in total. The van der Waals surface area contributed by atoms with E-state index in [1.165, 1.54) is 56.9 Å². The first-order chi connectivity index (χ1) is 18.1. The van der Waals surface area contributed by atoms with Gasteiger partial charge in [0.15, 0.2) is 0 Å². The van der Waals surface area contributed by atoms with E-state index in [0.29, 0.717) is 0 Å². The van der Waals surface area contributed by atoms with E-state index in [1.54, 1.807) is 52.4 Å². The standard InChI is InChI=1S/C16H48O16Si8/c1-17-33(9,18-2)25-35(11,21-5)27-36(12,22-6)30-40(16)31-38(14,24-8)28-37(13,23-7)29-39(15,32-40)26-34(10,19-3)20-4/h1-16H3. The molecule has 0 aliphatic carbocycles. The van der Waals surface area contributed by atoms with Gasteiger partial charge in [-0.3, -0.25) is 0 Å². The van der Waals surface area contributed by atoms with Gasteiger partial charge >= 0.3 is 70.4 Å². The van der Waals surface area contributed by atoms with E-state index in [0.717, 1.165) is 0 Å². The van der Waals surface area contributed by atoms with Gasteiger partial charge in [0.2, 0.25) is 0 Å². The fraction of sp³-hybridized carbons (Fsp3) is 1.00. The van der Waals surface area contributed by atoms with Crippen molar-refractivity contribution in [3.05, 3.63) is 0 Å². The van der Waals surface area contributed by atoms with Crippen LogP contribution in [0.25, 0.3) is 0 Å². The molecule has 1 fully saturated rings. The maximum atomic E-state index is 6.61. The fourth-order valence-corrected chi connectivity index (χ4v) is 34.9. The van der Waals surface area contributed by atoms with Crippen molar-refractivity contribution >= 4 is 70.4 Å². The minimum absolute atomic E-state index is 1.45. The molecule has 0 N–H and O–H groups in total. The lowest BCUT2D eigenvalue weighted by atomic mass is 11.8. The topological polar surface area (TPSA) is 148 Å². The maximum Gasteiger partial charge on any atom is 0.489 e. The summed E-state index contributed by atoms with van der Waals surface area (Å²) in [5, 5.41) is 0. The third-order valence-corrected chi connectivity index (χ3v) is 35.6. The molecule has 0 amide bonds. The quantitative estimate of drug-likeness (QED) is 0.214. The lowest BCUT2D eigenvalue weighted by Crippen LogP contribution is -2.73. The maximum absolute atomic E-state index is 6.61. The van der Waals surface area contributed by atoms with Crippen LogP contribution in [0.15, 0.2) is 0 Å². The van der Waals surface area contributed by atoms with E-state index in [1.807, 2.05) is 0 Å². The normalized spacial score (nSPS) is 33.6. The average molecular weight is 721 g/mol. The van der Waals surface area contributed by atoms with Crippen LogP contribution in [0.1, 0.15) is 0 Å². The third-order valence-electron chi connectivity index (χ3n) is 5.93. The van der Waals surface area contributed by atoms with E-state index < -0.39 is 70.4 Å². The van der Waals surface area contributed by atoms with E-state index in [9.17, 15) is 0 Å². The Labute approximate surface area is 247 Å². The lowest BCUT2D eigenvalue weighted by molar-refractivity contribution is 0.0399. The van der Waals surface area contributed by atoms with Crippen LogP contribution in [-0.2, 0) is 68.3 Å². The van der Waals surface area contributed by atoms with Crippen molar-refractivity contribution in [2.24, 2.45) is 0 Å². The van der Waals surface area contributed by atoms with Gasteiger partial charge in [-0.2, -0.15) is 0 Å². The molecule has 0 aromatic carbocycles. The summed E-state index contributed by atoms with van der Waals surface area (Å²) >= 11 is 0. The fourth-order valence-electron chi connectivity index (χ4n) is 3.57. The molecule has 0 aromatic heterocycles. The predicted octanol–water partition coefficient (Wildman–Crippen LogP) is 1.85. The molecule has 0 radical (unpaired) electrons. The smallest absolute Gasteiger partial charge is 0.378 e. The van der Waals surface area contributed by atoms with Crippen molar-refractivity contribution in [2.45, 2.75) is 52.4 Å². The zero-order valence-corrected chi connectivity index (χ0v) is 34.5. The summed E-state index contributed by atoms with van der Waals surface area (Å²) in [5.74, 6) is 0. The molecule has 6 atom stereocenters. The Hall–Kier alpha value is 1.10. The van der Waals surface area contributed by atoms with Crippen molar-refractivity contribution in [1.82, 2.24) is 0 Å². The Kier molecular flexibility index (Phi) is 14.1. The molecule has 0 spiro atoms. The number of rotatable bonds is 16. The van der Waals surface area contributed by atoms with E-state index in [2.05, 4.69) is 0 Å². The lowest BCUT2D eigenvalue weighted by Gasteiger charge is -2.48. The second kappa shape index (κ2) is 14.5. The summed E-state index contributed by atoms with van der Waals surface area (Å²) in [5.41, 5.74) is 0. The zero-order valence-electron chi connectivity index (χ0n) is 26.5. The van der Waals surface area contributed by atoms with Gasteiger partial charge in [0.1, 0.15) is 0 Å². The SMILES string of the molecule is CO[Si](C)(OC)O[Si](C)(OC)O[Si](C)(OC)O[Si]1(C)O[Si](C)(OC)O[Si](C)(OC)O[Si](C)(O[Si](C)(OC)OC)O1. The third kappa shape index (κ3) is 10.6. The average Bonchev–Trinajstić information content (AvgIpc) is 2.86. The Morgan fingerprint density at radius 2 is 0.650 bits per heavy atom. The largest absolute Gasteiger partial charge is 0.489 e. The molecule has 40 heavy (non-hydrogen) atoms. The summed E-state index contributed by atoms with van der Waals surface area (Å²) in [4.78, 5) is 0. The molecule has 1 heterocycles. The Balaban J connectivity index is 3.58. The molecule has 1 saturated heterocycles. The second-order valence-electron chi connectivity index (χ2n) is 9.35. The Morgan fingerprint density at radius 1 is 0.375 bits per heavy atom. The minimum Gasteiger partial charge on any atom is -0.378 e. The highest BCUT2D eigenvalue weighted by molar-refractivity contribution is 6.92. The summed E-state index contributed by atoms with van der Waals surface area (Å²) in [7, 11) is -16.2. The van der Waals surface area contributed by atoms with Crippen LogP contribution in [0.4, 0.5) is 0 Å². The first-order valence-electron chi connectivity index (χ1n) is 12.2. The van der Waals surface area contributed by atoms with Crippen LogP contribution >= 0.6 is 0 Å². The van der Waals surface area contributed by atoms with Crippen molar-refractivity contribution in [1.29, 1.82) is 0 Å². The summed E-state index contributed by atoms with van der Waals surface area (Å²) in [6.07, 6.45) is 0. The highest BCUT2D eigenvalue weighted by atomic mass is 28.6. The molecule has 240 valence electrons. The summed E-state index contributed by atoms with van der Waals surface area (Å²) in [6, 6.07) is 0. The monoisotopic (exact) mass is 720 g/mol. The van der Waals surface area contributed by atoms with Crippen molar-refractivity contribution in [3.63, 3.8) is 0 Å². The first kappa shape index (κ1) is 39.1. The van der Waals surface area contributed by atoms with Gasteiger partial charge in [0, 0.05) is 109 Å². The molecular formula is C16H48O16Si8. The first-order valence-corrected chi connectivity index (χ1v) is 30.0. The minimum atomic E-state index is -3.88. The van der Waals surface area contributed by atoms with Gasteiger partial charge in [-0.1, -0.05) is 0 Å². The van der Waals surface area contributed by atoms with Gasteiger partial charge in [-0.05, 0) is 0 Å². The summed E-state index contributed by atoms with van der Waals surface area (Å²) < 4.78 is 96.3. The predicted molar refractivity (Wildman–Crippen MR) is 158 cm³/mol. The molecule has 0 saturated carbocycles. The van der Waals surface area contributed by atoms with Crippen molar-refractivity contribution in [3.8, 4) is 0 Å². The van der Waals surface area contributed by atoms with Gasteiger partial charge in [-0.25, -0.2) is 0 Å². The molecular weight excluding hydrogens is 673 g/mol. The van der Waals surface area contributed by atoms with Gasteiger partial charge in [0.25, 0.3) is 0 Å². The van der Waals surface area contributed by atoms with Gasteiger partial charge in [0.05, 0.1) is 0 Å². The van der Waals surface area contributed by atoms with Gasteiger partial charge in [-0.15, -0.1) is 0 Å². The van der Waals surface area contributed by atoms with Gasteiger partial charge < -0.3 is 68.3 Å². The number of hydrogen-bond donors (Lipinski definition) is 0. The molecule has 1 aliphatic rings. The van der Waals surface area contributed by atoms with Crippen molar-refractivity contribution < 1.29 is 68.3 Å². The van der Waals surface area contributed by atoms with Crippen LogP contribution < -0.4 is 0 Å². The molecule has 1 aliphatic heterocycles. The highest BCUT2D eigenvalue weighted by Gasteiger charge is 2.66.